The average molecular weight is 300 g/mol. The Morgan fingerprint density at radius 3 is 2.14 bits per heavy atom. The van der Waals surface area contributed by atoms with E-state index >= 15 is 0 Å². The van der Waals surface area contributed by atoms with E-state index in [1.165, 1.54) is 13.8 Å². The fourth-order valence-electron chi connectivity index (χ4n) is 1.81. The van der Waals surface area contributed by atoms with Crippen LogP contribution in [0.15, 0.2) is 0 Å². The first-order valence-corrected chi connectivity index (χ1v) is 7.38. The number of nitrogens with one attached hydrogen (secondary N) is 2. The molecule has 0 aromatic rings. The normalized spacial score (nSPS) is 12.9. The Kier molecular flexibility index (Phi) is 7.99. The first-order chi connectivity index (χ1) is 9.54. The van der Waals surface area contributed by atoms with Gasteiger partial charge in [-0.1, -0.05) is 26.7 Å². The zero-order valence-corrected chi connectivity index (χ0v) is 13.7. The van der Waals surface area contributed by atoms with Gasteiger partial charge in [-0.15, -0.1) is 0 Å². The number of carboxylic acid groups (broad SMARTS) is 1. The van der Waals surface area contributed by atoms with Crippen molar-refractivity contribution in [2.45, 2.75) is 66.3 Å². The number of urea groups is 1. The van der Waals surface area contributed by atoms with E-state index in [-0.39, 0.29) is 12.5 Å². The van der Waals surface area contributed by atoms with Crippen molar-refractivity contribution in [2.24, 2.45) is 11.3 Å². The van der Waals surface area contributed by atoms with Gasteiger partial charge in [0.2, 0.25) is 5.91 Å². The van der Waals surface area contributed by atoms with Crippen molar-refractivity contribution < 1.29 is 19.5 Å². The fourth-order valence-corrected chi connectivity index (χ4v) is 1.81. The summed E-state index contributed by atoms with van der Waals surface area (Å²) in [6.07, 6.45) is 2.72. The number of hydrogen-bond donors (Lipinski definition) is 3. The van der Waals surface area contributed by atoms with Crippen LogP contribution in [0.4, 0.5) is 4.79 Å². The van der Waals surface area contributed by atoms with E-state index < -0.39 is 23.3 Å². The number of imide groups is 1. The second kappa shape index (κ2) is 8.64. The molecule has 0 spiro atoms. The Bertz CT molecular complexity index is 378. The van der Waals surface area contributed by atoms with E-state index in [2.05, 4.69) is 24.5 Å². The quantitative estimate of drug-likeness (QED) is 0.642. The SMILES string of the molecule is CC(C)CCCC(C)NC(=O)NC(=O)CC(C)(C)C(=O)O. The summed E-state index contributed by atoms with van der Waals surface area (Å²) in [6, 6.07) is -0.595. The maximum absolute atomic E-state index is 11.6. The second-order valence-electron chi connectivity index (χ2n) is 6.61. The summed E-state index contributed by atoms with van der Waals surface area (Å²) < 4.78 is 0. The lowest BCUT2D eigenvalue weighted by atomic mass is 9.89. The van der Waals surface area contributed by atoms with Gasteiger partial charge in [0, 0.05) is 12.5 Å². The van der Waals surface area contributed by atoms with Gasteiger partial charge < -0.3 is 10.4 Å². The molecule has 21 heavy (non-hydrogen) atoms. The van der Waals surface area contributed by atoms with Crippen LogP contribution in [0.5, 0.6) is 0 Å². The summed E-state index contributed by atoms with van der Waals surface area (Å²) in [5, 5.41) is 13.8. The summed E-state index contributed by atoms with van der Waals surface area (Å²) in [6.45, 7) is 9.07. The zero-order chi connectivity index (χ0) is 16.6. The van der Waals surface area contributed by atoms with E-state index in [0.29, 0.717) is 5.92 Å². The number of rotatable bonds is 8. The lowest BCUT2D eigenvalue weighted by molar-refractivity contribution is -0.149. The van der Waals surface area contributed by atoms with Crippen LogP contribution in [-0.2, 0) is 9.59 Å². The summed E-state index contributed by atoms with van der Waals surface area (Å²) in [7, 11) is 0. The highest BCUT2D eigenvalue weighted by atomic mass is 16.4. The van der Waals surface area contributed by atoms with Crippen molar-refractivity contribution in [3.63, 3.8) is 0 Å². The molecule has 0 saturated carbocycles. The van der Waals surface area contributed by atoms with Crippen LogP contribution in [0.25, 0.3) is 0 Å². The predicted octanol–water partition coefficient (Wildman–Crippen LogP) is 2.53. The zero-order valence-electron chi connectivity index (χ0n) is 13.7. The molecular weight excluding hydrogens is 272 g/mol. The third-order valence-electron chi connectivity index (χ3n) is 3.23. The number of hydrogen-bond acceptors (Lipinski definition) is 3. The van der Waals surface area contributed by atoms with Crippen LogP contribution in [0.1, 0.15) is 60.3 Å². The second-order valence-corrected chi connectivity index (χ2v) is 6.61. The highest BCUT2D eigenvalue weighted by Gasteiger charge is 2.30. The van der Waals surface area contributed by atoms with Crippen molar-refractivity contribution in [1.29, 1.82) is 0 Å². The first kappa shape index (κ1) is 19.4. The Morgan fingerprint density at radius 2 is 1.67 bits per heavy atom. The van der Waals surface area contributed by atoms with E-state index in [1.54, 1.807) is 0 Å². The van der Waals surface area contributed by atoms with Gasteiger partial charge in [-0.3, -0.25) is 14.9 Å². The van der Waals surface area contributed by atoms with Gasteiger partial charge in [-0.2, -0.15) is 0 Å². The molecule has 0 fully saturated rings. The Hall–Kier alpha value is -1.59. The van der Waals surface area contributed by atoms with Crippen LogP contribution in [0, 0.1) is 11.3 Å². The standard InChI is InChI=1S/C15H28N2O4/c1-10(2)7-6-8-11(3)16-14(21)17-12(18)9-15(4,5)13(19)20/h10-11H,6-9H2,1-5H3,(H,19,20)(H2,16,17,18,21). The van der Waals surface area contributed by atoms with Crippen LogP contribution >= 0.6 is 0 Å². The molecule has 1 unspecified atom stereocenters. The maximum atomic E-state index is 11.6. The van der Waals surface area contributed by atoms with Crippen molar-refractivity contribution in [2.75, 3.05) is 0 Å². The van der Waals surface area contributed by atoms with Gasteiger partial charge in [0.15, 0.2) is 0 Å². The van der Waals surface area contributed by atoms with Gasteiger partial charge >= 0.3 is 12.0 Å². The first-order valence-electron chi connectivity index (χ1n) is 7.38. The summed E-state index contributed by atoms with van der Waals surface area (Å²) in [5.41, 5.74) is -1.19. The molecule has 6 nitrogen and oxygen atoms in total. The highest BCUT2D eigenvalue weighted by molar-refractivity contribution is 5.96. The molecule has 0 aliphatic carbocycles. The lowest BCUT2D eigenvalue weighted by Gasteiger charge is -2.19. The number of amides is 3. The van der Waals surface area contributed by atoms with Crippen LogP contribution in [0.2, 0.25) is 0 Å². The molecular formula is C15H28N2O4. The number of aliphatic carboxylic acids is 1. The molecule has 0 aliphatic heterocycles. The number of carbonyl (C=O) groups excluding carboxylic acids is 2. The molecule has 122 valence electrons. The Labute approximate surface area is 126 Å². The van der Waals surface area contributed by atoms with Crippen LogP contribution in [0.3, 0.4) is 0 Å². The Morgan fingerprint density at radius 1 is 1.10 bits per heavy atom. The fraction of sp³-hybridized carbons (Fsp3) is 0.800. The molecule has 0 aromatic heterocycles. The highest BCUT2D eigenvalue weighted by Crippen LogP contribution is 2.19. The van der Waals surface area contributed by atoms with Crippen molar-refractivity contribution in [1.82, 2.24) is 10.6 Å². The molecule has 6 heteroatoms. The third kappa shape index (κ3) is 9.05. The van der Waals surface area contributed by atoms with E-state index in [1.807, 2.05) is 6.92 Å². The smallest absolute Gasteiger partial charge is 0.321 e. The van der Waals surface area contributed by atoms with Gasteiger partial charge in [-0.05, 0) is 33.1 Å². The molecule has 0 saturated heterocycles. The van der Waals surface area contributed by atoms with Gasteiger partial charge in [0.05, 0.1) is 5.41 Å². The molecule has 0 heterocycles. The van der Waals surface area contributed by atoms with Gasteiger partial charge in [0.1, 0.15) is 0 Å². The molecule has 0 bridgehead atoms. The predicted molar refractivity (Wildman–Crippen MR) is 80.9 cm³/mol. The average Bonchev–Trinajstić information content (AvgIpc) is 2.26. The van der Waals surface area contributed by atoms with Crippen molar-refractivity contribution >= 4 is 17.9 Å². The topological polar surface area (TPSA) is 95.5 Å². The van der Waals surface area contributed by atoms with Crippen molar-refractivity contribution in [3.8, 4) is 0 Å². The van der Waals surface area contributed by atoms with Crippen LogP contribution in [-0.4, -0.2) is 29.1 Å². The lowest BCUT2D eigenvalue weighted by Crippen LogP contribution is -2.45. The minimum absolute atomic E-state index is 0.0240. The van der Waals surface area contributed by atoms with E-state index in [0.717, 1.165) is 19.3 Å². The van der Waals surface area contributed by atoms with E-state index in [9.17, 15) is 14.4 Å². The third-order valence-corrected chi connectivity index (χ3v) is 3.23. The number of carbonyl (C=O) groups is 3. The Balaban J connectivity index is 4.08. The molecule has 1 atom stereocenters. The van der Waals surface area contributed by atoms with Crippen LogP contribution < -0.4 is 10.6 Å². The molecule has 0 radical (unpaired) electrons. The monoisotopic (exact) mass is 300 g/mol. The largest absolute Gasteiger partial charge is 0.481 e. The molecule has 0 rings (SSSR count). The summed E-state index contributed by atoms with van der Waals surface area (Å²) in [4.78, 5) is 34.2. The summed E-state index contributed by atoms with van der Waals surface area (Å²) >= 11 is 0. The van der Waals surface area contributed by atoms with Crippen molar-refractivity contribution in [3.05, 3.63) is 0 Å². The van der Waals surface area contributed by atoms with Gasteiger partial charge in [-0.25, -0.2) is 4.79 Å². The molecule has 0 aliphatic rings. The minimum Gasteiger partial charge on any atom is -0.481 e. The van der Waals surface area contributed by atoms with Gasteiger partial charge in [0.25, 0.3) is 0 Å². The number of carboxylic acids is 1. The molecule has 3 amide bonds. The molecule has 0 aromatic carbocycles. The molecule has 3 N–H and O–H groups in total. The minimum atomic E-state index is -1.19. The van der Waals surface area contributed by atoms with E-state index in [4.69, 9.17) is 5.11 Å². The summed E-state index contributed by atoms with van der Waals surface area (Å²) in [5.74, 6) is -1.03. The maximum Gasteiger partial charge on any atom is 0.321 e.